The van der Waals surface area contributed by atoms with Crippen molar-refractivity contribution in [2.24, 2.45) is 0 Å². The number of benzene rings is 1. The van der Waals surface area contributed by atoms with Crippen molar-refractivity contribution in [3.05, 3.63) is 78.6 Å². The highest BCUT2D eigenvalue weighted by molar-refractivity contribution is 5.78. The van der Waals surface area contributed by atoms with Gasteiger partial charge in [0.15, 0.2) is 0 Å². The van der Waals surface area contributed by atoms with Gasteiger partial charge in [0.2, 0.25) is 0 Å². The standard InChI is InChI=1S/C28H30N6O/c1-2-34-18-25(28(33-34)20-4-3-12-29-17-20)26-11-13-30-27(32-26)14-19-5-9-23(10-6-19)35-24-15-21-7-8-22(16-24)31-21/h3-6,9-13,17-18,21-22,24,31H,2,7-8,14-16H2,1H3. The first-order valence-electron chi connectivity index (χ1n) is 12.6. The molecule has 2 unspecified atom stereocenters. The maximum atomic E-state index is 6.30. The van der Waals surface area contributed by atoms with Crippen LogP contribution in [-0.4, -0.2) is 42.9 Å². The number of aromatic nitrogens is 5. The lowest BCUT2D eigenvalue weighted by Gasteiger charge is -2.29. The Balaban J connectivity index is 1.18. The fraction of sp³-hybridized carbons (Fsp3) is 0.357. The molecule has 1 N–H and O–H groups in total. The molecule has 178 valence electrons. The number of hydrogen-bond acceptors (Lipinski definition) is 6. The first kappa shape index (κ1) is 21.9. The van der Waals surface area contributed by atoms with E-state index in [2.05, 4.69) is 46.5 Å². The Morgan fingerprint density at radius 3 is 2.60 bits per heavy atom. The second kappa shape index (κ2) is 9.58. The van der Waals surface area contributed by atoms with Gasteiger partial charge >= 0.3 is 0 Å². The smallest absolute Gasteiger partial charge is 0.133 e. The number of fused-ring (bicyclic) bond motifs is 2. The number of aryl methyl sites for hydroxylation is 1. The van der Waals surface area contributed by atoms with Crippen molar-refractivity contribution in [1.29, 1.82) is 0 Å². The quantitative estimate of drug-likeness (QED) is 0.426. The molecule has 35 heavy (non-hydrogen) atoms. The monoisotopic (exact) mass is 466 g/mol. The van der Waals surface area contributed by atoms with Gasteiger partial charge in [0.1, 0.15) is 23.4 Å². The van der Waals surface area contributed by atoms with E-state index in [1.54, 1.807) is 6.20 Å². The Labute approximate surface area is 205 Å². The number of nitrogens with zero attached hydrogens (tertiary/aromatic N) is 5. The highest BCUT2D eigenvalue weighted by Crippen LogP contribution is 2.31. The summed E-state index contributed by atoms with van der Waals surface area (Å²) in [5.74, 6) is 1.73. The fourth-order valence-corrected chi connectivity index (χ4v) is 5.28. The number of rotatable bonds is 7. The predicted octanol–water partition coefficient (Wildman–Crippen LogP) is 4.67. The van der Waals surface area contributed by atoms with Gasteiger partial charge in [0, 0.05) is 61.0 Å². The van der Waals surface area contributed by atoms with Crippen LogP contribution in [-0.2, 0) is 13.0 Å². The summed E-state index contributed by atoms with van der Waals surface area (Å²) < 4.78 is 8.24. The minimum Gasteiger partial charge on any atom is -0.490 e. The fourth-order valence-electron chi connectivity index (χ4n) is 5.28. The van der Waals surface area contributed by atoms with E-state index >= 15 is 0 Å². The van der Waals surface area contributed by atoms with Crippen molar-refractivity contribution < 1.29 is 4.74 Å². The van der Waals surface area contributed by atoms with Crippen LogP contribution in [0.2, 0.25) is 0 Å². The minimum absolute atomic E-state index is 0.317. The second-order valence-electron chi connectivity index (χ2n) is 9.52. The zero-order valence-electron chi connectivity index (χ0n) is 20.0. The molecule has 1 aromatic carbocycles. The molecule has 2 aliphatic heterocycles. The molecule has 3 aromatic heterocycles. The van der Waals surface area contributed by atoms with Gasteiger partial charge in [-0.2, -0.15) is 5.10 Å². The summed E-state index contributed by atoms with van der Waals surface area (Å²) in [4.78, 5) is 13.7. The number of pyridine rings is 1. The molecule has 2 fully saturated rings. The molecule has 7 nitrogen and oxygen atoms in total. The van der Waals surface area contributed by atoms with Crippen LogP contribution in [0.5, 0.6) is 5.75 Å². The van der Waals surface area contributed by atoms with Gasteiger partial charge in [-0.25, -0.2) is 9.97 Å². The molecule has 0 spiro atoms. The zero-order chi connectivity index (χ0) is 23.6. The highest BCUT2D eigenvalue weighted by Gasteiger charge is 2.34. The molecule has 2 atom stereocenters. The summed E-state index contributed by atoms with van der Waals surface area (Å²) in [6.07, 6.45) is 13.2. The van der Waals surface area contributed by atoms with Crippen molar-refractivity contribution >= 4 is 0 Å². The third-order valence-corrected chi connectivity index (χ3v) is 7.02. The average molecular weight is 467 g/mol. The second-order valence-corrected chi connectivity index (χ2v) is 9.52. The normalized spacial score (nSPS) is 21.2. The molecule has 4 aromatic rings. The Hall–Kier alpha value is -3.58. The Morgan fingerprint density at radius 1 is 1.03 bits per heavy atom. The molecular weight excluding hydrogens is 436 g/mol. The first-order valence-corrected chi connectivity index (χ1v) is 12.6. The molecule has 0 saturated carbocycles. The SMILES string of the molecule is CCn1cc(-c2ccnc(Cc3ccc(OC4CC5CCC(C4)N5)cc3)n2)c(-c2cccnc2)n1. The van der Waals surface area contributed by atoms with Crippen LogP contribution in [0.3, 0.4) is 0 Å². The molecule has 0 amide bonds. The van der Waals surface area contributed by atoms with Crippen molar-refractivity contribution in [2.75, 3.05) is 0 Å². The minimum atomic E-state index is 0.317. The van der Waals surface area contributed by atoms with E-state index in [1.165, 1.54) is 12.8 Å². The van der Waals surface area contributed by atoms with E-state index in [9.17, 15) is 0 Å². The van der Waals surface area contributed by atoms with Crippen molar-refractivity contribution in [3.63, 3.8) is 0 Å². The van der Waals surface area contributed by atoms with Crippen molar-refractivity contribution in [3.8, 4) is 28.3 Å². The molecular formula is C28H30N6O. The van der Waals surface area contributed by atoms with Crippen LogP contribution < -0.4 is 10.1 Å². The van der Waals surface area contributed by atoms with E-state index in [1.807, 2.05) is 41.5 Å². The lowest BCUT2D eigenvalue weighted by atomic mass is 10.0. The van der Waals surface area contributed by atoms with Gasteiger partial charge < -0.3 is 10.1 Å². The molecule has 0 aliphatic carbocycles. The molecule has 2 aliphatic rings. The van der Waals surface area contributed by atoms with Crippen LogP contribution in [0.25, 0.3) is 22.5 Å². The van der Waals surface area contributed by atoms with Crippen LogP contribution in [0.15, 0.2) is 67.3 Å². The van der Waals surface area contributed by atoms with Gasteiger partial charge in [-0.05, 0) is 68.5 Å². The lowest BCUT2D eigenvalue weighted by Crippen LogP contribution is -2.42. The Kier molecular flexibility index (Phi) is 6.00. The van der Waals surface area contributed by atoms with Gasteiger partial charge in [0.25, 0.3) is 0 Å². The van der Waals surface area contributed by atoms with Crippen molar-refractivity contribution in [2.45, 2.75) is 63.8 Å². The zero-order valence-corrected chi connectivity index (χ0v) is 20.0. The highest BCUT2D eigenvalue weighted by atomic mass is 16.5. The molecule has 0 radical (unpaired) electrons. The Morgan fingerprint density at radius 2 is 1.86 bits per heavy atom. The lowest BCUT2D eigenvalue weighted by molar-refractivity contribution is 0.137. The number of ether oxygens (including phenoxy) is 1. The Bertz CT molecular complexity index is 1270. The maximum Gasteiger partial charge on any atom is 0.133 e. The number of nitrogens with one attached hydrogen (secondary N) is 1. The summed E-state index contributed by atoms with van der Waals surface area (Å²) in [5, 5.41) is 8.43. The molecule has 6 rings (SSSR count). The summed E-state index contributed by atoms with van der Waals surface area (Å²) >= 11 is 0. The van der Waals surface area contributed by atoms with Crippen molar-refractivity contribution in [1.82, 2.24) is 30.0 Å². The summed E-state index contributed by atoms with van der Waals surface area (Å²) in [6.45, 7) is 2.87. The third kappa shape index (κ3) is 4.82. The maximum absolute atomic E-state index is 6.30. The molecule has 7 heteroatoms. The first-order chi connectivity index (χ1) is 17.2. The van der Waals surface area contributed by atoms with Gasteiger partial charge in [-0.3, -0.25) is 9.67 Å². The largest absolute Gasteiger partial charge is 0.490 e. The molecule has 5 heterocycles. The van der Waals surface area contributed by atoms with E-state index in [4.69, 9.17) is 14.8 Å². The summed E-state index contributed by atoms with van der Waals surface area (Å²) in [5.41, 5.74) is 4.89. The predicted molar refractivity (Wildman–Crippen MR) is 135 cm³/mol. The summed E-state index contributed by atoms with van der Waals surface area (Å²) in [6, 6.07) is 15.6. The van der Waals surface area contributed by atoms with E-state index in [0.29, 0.717) is 24.6 Å². The van der Waals surface area contributed by atoms with Gasteiger partial charge in [-0.1, -0.05) is 12.1 Å². The molecule has 2 saturated heterocycles. The van der Waals surface area contributed by atoms with Crippen LogP contribution in [0.4, 0.5) is 0 Å². The molecule has 2 bridgehead atoms. The van der Waals surface area contributed by atoms with Crippen LogP contribution >= 0.6 is 0 Å². The topological polar surface area (TPSA) is 77.8 Å². The van der Waals surface area contributed by atoms with E-state index in [0.717, 1.165) is 59.0 Å². The summed E-state index contributed by atoms with van der Waals surface area (Å²) in [7, 11) is 0. The average Bonchev–Trinajstić information content (AvgIpc) is 3.49. The van der Waals surface area contributed by atoms with Crippen LogP contribution in [0.1, 0.15) is 44.0 Å². The third-order valence-electron chi connectivity index (χ3n) is 7.02. The van der Waals surface area contributed by atoms with Gasteiger partial charge in [-0.15, -0.1) is 0 Å². The number of piperidine rings is 1. The van der Waals surface area contributed by atoms with Crippen LogP contribution in [0, 0.1) is 0 Å². The van der Waals surface area contributed by atoms with E-state index < -0.39 is 0 Å². The van der Waals surface area contributed by atoms with E-state index in [-0.39, 0.29) is 0 Å². The van der Waals surface area contributed by atoms with Gasteiger partial charge in [0.05, 0.1) is 5.69 Å². The number of hydrogen-bond donors (Lipinski definition) is 1.